The fraction of sp³-hybridized carbons (Fsp3) is 0.571. The summed E-state index contributed by atoms with van der Waals surface area (Å²) in [4.78, 5) is 2.46. The number of piperidine rings is 1. The maximum atomic E-state index is 6.16. The molecule has 1 saturated heterocycles. The van der Waals surface area contributed by atoms with Crippen molar-refractivity contribution in [1.29, 1.82) is 0 Å². The van der Waals surface area contributed by atoms with Crippen molar-refractivity contribution in [1.82, 2.24) is 4.90 Å². The highest BCUT2D eigenvalue weighted by Crippen LogP contribution is 2.29. The van der Waals surface area contributed by atoms with Gasteiger partial charge in [0, 0.05) is 30.1 Å². The lowest BCUT2D eigenvalue weighted by Gasteiger charge is -2.42. The standard InChI is InChI=1S/C14H20BrClN2/c1-14(2)9-18(6-5-13(14)17)8-10-3-4-11(15)12(16)7-10/h3-4,7,13H,5-6,8-9,17H2,1-2H3. The van der Waals surface area contributed by atoms with E-state index in [1.54, 1.807) is 0 Å². The summed E-state index contributed by atoms with van der Waals surface area (Å²) in [5.74, 6) is 0. The molecular formula is C14H20BrClN2. The lowest BCUT2D eigenvalue weighted by Crippen LogP contribution is -2.52. The summed E-state index contributed by atoms with van der Waals surface area (Å²) in [6.07, 6.45) is 1.07. The molecule has 1 aromatic carbocycles. The Balaban J connectivity index is 2.04. The highest BCUT2D eigenvalue weighted by atomic mass is 79.9. The molecular weight excluding hydrogens is 312 g/mol. The maximum absolute atomic E-state index is 6.16. The van der Waals surface area contributed by atoms with Crippen LogP contribution in [0.2, 0.25) is 5.02 Å². The molecule has 2 nitrogen and oxygen atoms in total. The van der Waals surface area contributed by atoms with E-state index in [2.05, 4.69) is 40.7 Å². The molecule has 2 N–H and O–H groups in total. The predicted octanol–water partition coefficient (Wildman–Crippen LogP) is 3.66. The molecule has 1 aliphatic rings. The van der Waals surface area contributed by atoms with Gasteiger partial charge in [-0.3, -0.25) is 4.90 Å². The molecule has 0 amide bonds. The molecule has 1 atom stereocenters. The van der Waals surface area contributed by atoms with Gasteiger partial charge in [0.25, 0.3) is 0 Å². The number of rotatable bonds is 2. The molecule has 0 saturated carbocycles. The third-order valence-corrected chi connectivity index (χ3v) is 5.01. The molecule has 1 aliphatic heterocycles. The first-order valence-electron chi connectivity index (χ1n) is 6.30. The van der Waals surface area contributed by atoms with Crippen LogP contribution in [-0.4, -0.2) is 24.0 Å². The van der Waals surface area contributed by atoms with Gasteiger partial charge in [0.2, 0.25) is 0 Å². The van der Waals surface area contributed by atoms with Crippen LogP contribution in [-0.2, 0) is 6.54 Å². The monoisotopic (exact) mass is 330 g/mol. The van der Waals surface area contributed by atoms with Crippen LogP contribution in [0.1, 0.15) is 25.8 Å². The van der Waals surface area contributed by atoms with Crippen molar-refractivity contribution in [3.8, 4) is 0 Å². The first-order valence-corrected chi connectivity index (χ1v) is 7.47. The van der Waals surface area contributed by atoms with E-state index in [1.807, 2.05) is 12.1 Å². The fourth-order valence-corrected chi connectivity index (χ4v) is 2.97. The summed E-state index contributed by atoms with van der Waals surface area (Å²) < 4.78 is 0.953. The minimum absolute atomic E-state index is 0.192. The van der Waals surface area contributed by atoms with Crippen LogP contribution in [0.3, 0.4) is 0 Å². The fourth-order valence-electron chi connectivity index (χ4n) is 2.52. The largest absolute Gasteiger partial charge is 0.327 e. The highest BCUT2D eigenvalue weighted by Gasteiger charge is 2.33. The first-order chi connectivity index (χ1) is 8.38. The van der Waals surface area contributed by atoms with Crippen molar-refractivity contribution < 1.29 is 0 Å². The topological polar surface area (TPSA) is 29.3 Å². The van der Waals surface area contributed by atoms with Gasteiger partial charge < -0.3 is 5.73 Å². The van der Waals surface area contributed by atoms with Crippen LogP contribution in [0, 0.1) is 5.41 Å². The van der Waals surface area contributed by atoms with Gasteiger partial charge in [-0.05, 0) is 45.5 Å². The van der Waals surface area contributed by atoms with Crippen LogP contribution in [0.4, 0.5) is 0 Å². The smallest absolute Gasteiger partial charge is 0.0551 e. The molecule has 1 fully saturated rings. The number of halogens is 2. The van der Waals surface area contributed by atoms with E-state index in [-0.39, 0.29) is 5.41 Å². The van der Waals surface area contributed by atoms with Crippen LogP contribution in [0.15, 0.2) is 22.7 Å². The SMILES string of the molecule is CC1(C)CN(Cc2ccc(Br)c(Cl)c2)CCC1N. The van der Waals surface area contributed by atoms with E-state index in [0.29, 0.717) is 6.04 Å². The lowest BCUT2D eigenvalue weighted by atomic mass is 9.79. The zero-order valence-corrected chi connectivity index (χ0v) is 13.3. The summed E-state index contributed by atoms with van der Waals surface area (Å²) in [6, 6.07) is 6.48. The molecule has 1 heterocycles. The van der Waals surface area contributed by atoms with Crippen molar-refractivity contribution in [2.75, 3.05) is 13.1 Å². The highest BCUT2D eigenvalue weighted by molar-refractivity contribution is 9.10. The van der Waals surface area contributed by atoms with Gasteiger partial charge in [-0.1, -0.05) is 31.5 Å². The molecule has 100 valence electrons. The van der Waals surface area contributed by atoms with Gasteiger partial charge >= 0.3 is 0 Å². The van der Waals surface area contributed by atoms with Crippen LogP contribution >= 0.6 is 27.5 Å². The molecule has 1 unspecified atom stereocenters. The van der Waals surface area contributed by atoms with Crippen LogP contribution in [0.5, 0.6) is 0 Å². The number of nitrogens with two attached hydrogens (primary N) is 1. The summed E-state index contributed by atoms with van der Waals surface area (Å²) >= 11 is 9.54. The van der Waals surface area contributed by atoms with E-state index in [1.165, 1.54) is 5.56 Å². The molecule has 0 aliphatic carbocycles. The van der Waals surface area contributed by atoms with Crippen molar-refractivity contribution in [3.63, 3.8) is 0 Å². The molecule has 4 heteroatoms. The Bertz CT molecular complexity index is 434. The Morgan fingerprint density at radius 1 is 1.50 bits per heavy atom. The van der Waals surface area contributed by atoms with Gasteiger partial charge in [-0.15, -0.1) is 0 Å². The quantitative estimate of drug-likeness (QED) is 0.896. The molecule has 2 rings (SSSR count). The third kappa shape index (κ3) is 3.27. The number of hydrogen-bond acceptors (Lipinski definition) is 2. The molecule has 1 aromatic rings. The summed E-state index contributed by atoms with van der Waals surface area (Å²) in [5, 5.41) is 0.778. The van der Waals surface area contributed by atoms with E-state index >= 15 is 0 Å². The van der Waals surface area contributed by atoms with E-state index < -0.39 is 0 Å². The van der Waals surface area contributed by atoms with Crippen LogP contribution < -0.4 is 5.73 Å². The first kappa shape index (κ1) is 14.3. The number of benzene rings is 1. The Labute approximate surface area is 123 Å². The zero-order valence-electron chi connectivity index (χ0n) is 10.9. The van der Waals surface area contributed by atoms with Crippen molar-refractivity contribution in [2.24, 2.45) is 11.1 Å². The lowest BCUT2D eigenvalue weighted by molar-refractivity contribution is 0.0899. The van der Waals surface area contributed by atoms with Gasteiger partial charge in [-0.25, -0.2) is 0 Å². The normalized spacial score (nSPS) is 24.2. The maximum Gasteiger partial charge on any atom is 0.0551 e. The molecule has 0 radical (unpaired) electrons. The Kier molecular flexibility index (Phi) is 4.37. The van der Waals surface area contributed by atoms with Crippen LogP contribution in [0.25, 0.3) is 0 Å². The van der Waals surface area contributed by atoms with Gasteiger partial charge in [-0.2, -0.15) is 0 Å². The average Bonchev–Trinajstić information content (AvgIpc) is 2.28. The molecule has 0 aromatic heterocycles. The summed E-state index contributed by atoms with van der Waals surface area (Å²) in [6.45, 7) is 7.56. The van der Waals surface area contributed by atoms with Crippen molar-refractivity contribution in [2.45, 2.75) is 32.9 Å². The molecule has 18 heavy (non-hydrogen) atoms. The predicted molar refractivity (Wildman–Crippen MR) is 80.8 cm³/mol. The summed E-state index contributed by atoms with van der Waals surface area (Å²) in [5.41, 5.74) is 7.61. The van der Waals surface area contributed by atoms with E-state index in [9.17, 15) is 0 Å². The second-order valence-corrected chi connectivity index (χ2v) is 7.10. The minimum Gasteiger partial charge on any atom is -0.327 e. The summed E-state index contributed by atoms with van der Waals surface area (Å²) in [7, 11) is 0. The van der Waals surface area contributed by atoms with Crippen molar-refractivity contribution >= 4 is 27.5 Å². The number of nitrogens with zero attached hydrogens (tertiary/aromatic N) is 1. The zero-order chi connectivity index (χ0) is 13.3. The van der Waals surface area contributed by atoms with Crippen molar-refractivity contribution in [3.05, 3.63) is 33.3 Å². The molecule has 0 bridgehead atoms. The van der Waals surface area contributed by atoms with Gasteiger partial charge in [0.05, 0.1) is 5.02 Å². The second kappa shape index (κ2) is 5.49. The average molecular weight is 332 g/mol. The minimum atomic E-state index is 0.192. The Morgan fingerprint density at radius 2 is 2.22 bits per heavy atom. The van der Waals surface area contributed by atoms with E-state index in [0.717, 1.165) is 35.6 Å². The number of hydrogen-bond donors (Lipinski definition) is 1. The second-order valence-electron chi connectivity index (χ2n) is 5.84. The Morgan fingerprint density at radius 3 is 2.83 bits per heavy atom. The number of likely N-dealkylation sites (tertiary alicyclic amines) is 1. The van der Waals surface area contributed by atoms with E-state index in [4.69, 9.17) is 17.3 Å². The third-order valence-electron chi connectivity index (χ3n) is 3.78. The van der Waals surface area contributed by atoms with Gasteiger partial charge in [0.1, 0.15) is 0 Å². The molecule has 0 spiro atoms. The van der Waals surface area contributed by atoms with Gasteiger partial charge in [0.15, 0.2) is 0 Å². The Hall–Kier alpha value is -0.0900.